The van der Waals surface area contributed by atoms with Crippen LogP contribution in [0.2, 0.25) is 0 Å². The lowest BCUT2D eigenvalue weighted by Gasteiger charge is -2.12. The molecule has 1 N–H and O–H groups in total. The molecule has 0 aliphatic heterocycles. The molecule has 6 heteroatoms. The zero-order chi connectivity index (χ0) is 15.1. The van der Waals surface area contributed by atoms with Gasteiger partial charge in [-0.25, -0.2) is 0 Å². The monoisotopic (exact) mass is 304 g/mol. The number of hydrogen-bond donors (Lipinski definition) is 1. The number of thioether (sulfide) groups is 1. The van der Waals surface area contributed by atoms with E-state index in [1.807, 2.05) is 41.8 Å². The van der Waals surface area contributed by atoms with Crippen molar-refractivity contribution in [3.63, 3.8) is 0 Å². The van der Waals surface area contributed by atoms with Gasteiger partial charge >= 0.3 is 0 Å². The van der Waals surface area contributed by atoms with Gasteiger partial charge in [-0.2, -0.15) is 0 Å². The van der Waals surface area contributed by atoms with Gasteiger partial charge in [0.25, 0.3) is 0 Å². The van der Waals surface area contributed by atoms with Crippen LogP contribution in [0.4, 0.5) is 0 Å². The Balaban J connectivity index is 1.93. The first-order chi connectivity index (χ1) is 10.2. The molecule has 1 amide bonds. The van der Waals surface area contributed by atoms with Crippen LogP contribution in [-0.4, -0.2) is 32.5 Å². The average Bonchev–Trinajstić information content (AvgIpc) is 2.94. The summed E-state index contributed by atoms with van der Waals surface area (Å²) in [5.74, 6) is 0.378. The summed E-state index contributed by atoms with van der Waals surface area (Å²) < 4.78 is 1.88. The van der Waals surface area contributed by atoms with Crippen molar-refractivity contribution in [2.24, 2.45) is 0 Å². The van der Waals surface area contributed by atoms with Gasteiger partial charge < -0.3 is 5.32 Å². The number of rotatable bonds is 7. The van der Waals surface area contributed by atoms with Crippen molar-refractivity contribution in [1.29, 1.82) is 0 Å². The number of carbonyl (C=O) groups excluding carboxylic acids is 1. The molecule has 5 nitrogen and oxygen atoms in total. The Bertz CT molecular complexity index is 570. The summed E-state index contributed by atoms with van der Waals surface area (Å²) in [5.41, 5.74) is 0.991. The molecule has 0 fully saturated rings. The van der Waals surface area contributed by atoms with Crippen molar-refractivity contribution in [2.45, 2.75) is 37.9 Å². The molecule has 1 aromatic heterocycles. The molecule has 21 heavy (non-hydrogen) atoms. The van der Waals surface area contributed by atoms with Crippen LogP contribution in [0.25, 0.3) is 5.69 Å². The van der Waals surface area contributed by atoms with Gasteiger partial charge in [0, 0.05) is 11.7 Å². The molecule has 2 aromatic rings. The fourth-order valence-electron chi connectivity index (χ4n) is 2.04. The molecule has 0 aliphatic carbocycles. The predicted octanol–water partition coefficient (Wildman–Crippen LogP) is 2.66. The number of nitrogens with one attached hydrogen (secondary N) is 1. The van der Waals surface area contributed by atoms with E-state index in [2.05, 4.69) is 22.4 Å². The molecule has 0 bridgehead atoms. The summed E-state index contributed by atoms with van der Waals surface area (Å²) in [4.78, 5) is 11.9. The maximum atomic E-state index is 11.9. The van der Waals surface area contributed by atoms with E-state index in [0.717, 1.165) is 23.7 Å². The number of carbonyl (C=O) groups is 1. The molecule has 1 heterocycles. The van der Waals surface area contributed by atoms with Crippen molar-refractivity contribution in [3.8, 4) is 5.69 Å². The maximum absolute atomic E-state index is 11.9. The Morgan fingerprint density at radius 3 is 2.86 bits per heavy atom. The fraction of sp³-hybridized carbons (Fsp3) is 0.400. The molecule has 1 unspecified atom stereocenters. The average molecular weight is 304 g/mol. The maximum Gasteiger partial charge on any atom is 0.230 e. The molecular formula is C15H20N4OS. The highest BCUT2D eigenvalue weighted by atomic mass is 32.2. The van der Waals surface area contributed by atoms with Crippen molar-refractivity contribution < 1.29 is 4.79 Å². The second kappa shape index (κ2) is 7.83. The summed E-state index contributed by atoms with van der Waals surface area (Å²) in [6.07, 6.45) is 3.73. The number of hydrogen-bond acceptors (Lipinski definition) is 4. The smallest absolute Gasteiger partial charge is 0.230 e. The molecule has 0 radical (unpaired) electrons. The Labute approximate surface area is 129 Å². The summed E-state index contributed by atoms with van der Waals surface area (Å²) in [6, 6.07) is 10.1. The molecule has 1 aromatic carbocycles. The molecule has 0 saturated carbocycles. The first-order valence-corrected chi connectivity index (χ1v) is 8.07. The van der Waals surface area contributed by atoms with Gasteiger partial charge in [0.05, 0.1) is 5.75 Å². The number of amides is 1. The molecule has 1 atom stereocenters. The summed E-state index contributed by atoms with van der Waals surface area (Å²) in [5, 5.41) is 11.7. The third kappa shape index (κ3) is 4.60. The van der Waals surface area contributed by atoms with E-state index in [-0.39, 0.29) is 11.9 Å². The molecule has 2 rings (SSSR count). The normalized spacial score (nSPS) is 12.1. The number of aromatic nitrogens is 3. The van der Waals surface area contributed by atoms with Crippen LogP contribution in [0.15, 0.2) is 41.8 Å². The first-order valence-electron chi connectivity index (χ1n) is 7.08. The van der Waals surface area contributed by atoms with E-state index in [9.17, 15) is 4.79 Å². The highest BCUT2D eigenvalue weighted by Crippen LogP contribution is 2.18. The summed E-state index contributed by atoms with van der Waals surface area (Å²) in [7, 11) is 0. The van der Waals surface area contributed by atoms with Crippen LogP contribution >= 0.6 is 11.8 Å². The third-order valence-electron chi connectivity index (χ3n) is 3.01. The fourth-order valence-corrected chi connectivity index (χ4v) is 2.78. The van der Waals surface area contributed by atoms with E-state index in [4.69, 9.17) is 0 Å². The van der Waals surface area contributed by atoms with Gasteiger partial charge in [-0.1, -0.05) is 43.3 Å². The Hall–Kier alpha value is -1.82. The standard InChI is InChI=1S/C15H20N4OS/c1-3-7-12(2)17-14(20)10-21-15-18-16-11-19(15)13-8-5-4-6-9-13/h4-6,8-9,11-12H,3,7,10H2,1-2H3,(H,17,20). The zero-order valence-corrected chi connectivity index (χ0v) is 13.1. The largest absolute Gasteiger partial charge is 0.353 e. The minimum absolute atomic E-state index is 0.0311. The van der Waals surface area contributed by atoms with Gasteiger partial charge in [0.1, 0.15) is 6.33 Å². The van der Waals surface area contributed by atoms with Crippen LogP contribution in [-0.2, 0) is 4.79 Å². The quantitative estimate of drug-likeness (QED) is 0.799. The van der Waals surface area contributed by atoms with E-state index in [1.54, 1.807) is 6.33 Å². The van der Waals surface area contributed by atoms with Crippen LogP contribution in [0.5, 0.6) is 0 Å². The highest BCUT2D eigenvalue weighted by Gasteiger charge is 2.11. The minimum atomic E-state index is 0.0311. The van der Waals surface area contributed by atoms with Crippen molar-refractivity contribution >= 4 is 17.7 Å². The summed E-state index contributed by atoms with van der Waals surface area (Å²) >= 11 is 1.39. The number of benzene rings is 1. The van der Waals surface area contributed by atoms with E-state index < -0.39 is 0 Å². The van der Waals surface area contributed by atoms with Crippen LogP contribution in [0, 0.1) is 0 Å². The van der Waals surface area contributed by atoms with Crippen molar-refractivity contribution in [3.05, 3.63) is 36.7 Å². The third-order valence-corrected chi connectivity index (χ3v) is 3.96. The van der Waals surface area contributed by atoms with Gasteiger partial charge in [-0.05, 0) is 25.5 Å². The van der Waals surface area contributed by atoms with Crippen LogP contribution in [0.3, 0.4) is 0 Å². The predicted molar refractivity (Wildman–Crippen MR) is 84.6 cm³/mol. The molecule has 112 valence electrons. The molecular weight excluding hydrogens is 284 g/mol. The minimum Gasteiger partial charge on any atom is -0.353 e. The zero-order valence-electron chi connectivity index (χ0n) is 12.3. The summed E-state index contributed by atoms with van der Waals surface area (Å²) in [6.45, 7) is 4.14. The lowest BCUT2D eigenvalue weighted by molar-refractivity contribution is -0.119. The van der Waals surface area contributed by atoms with E-state index in [0.29, 0.717) is 5.75 Å². The molecule has 0 spiro atoms. The Morgan fingerprint density at radius 1 is 1.38 bits per heavy atom. The van der Waals surface area contributed by atoms with Gasteiger partial charge in [-0.15, -0.1) is 10.2 Å². The van der Waals surface area contributed by atoms with Gasteiger partial charge in [-0.3, -0.25) is 9.36 Å². The van der Waals surface area contributed by atoms with Crippen LogP contribution < -0.4 is 5.32 Å². The second-order valence-corrected chi connectivity index (χ2v) is 5.81. The molecule has 0 aliphatic rings. The Morgan fingerprint density at radius 2 is 2.14 bits per heavy atom. The van der Waals surface area contributed by atoms with E-state index in [1.165, 1.54) is 11.8 Å². The lowest BCUT2D eigenvalue weighted by Crippen LogP contribution is -2.33. The number of para-hydroxylation sites is 1. The highest BCUT2D eigenvalue weighted by molar-refractivity contribution is 7.99. The van der Waals surface area contributed by atoms with Gasteiger partial charge in [0.2, 0.25) is 5.91 Å². The van der Waals surface area contributed by atoms with Gasteiger partial charge in [0.15, 0.2) is 5.16 Å². The Kier molecular flexibility index (Phi) is 5.80. The molecule has 0 saturated heterocycles. The van der Waals surface area contributed by atoms with Crippen molar-refractivity contribution in [2.75, 3.05) is 5.75 Å². The van der Waals surface area contributed by atoms with Crippen LogP contribution in [0.1, 0.15) is 26.7 Å². The SMILES string of the molecule is CCCC(C)NC(=O)CSc1nncn1-c1ccccc1. The van der Waals surface area contributed by atoms with E-state index >= 15 is 0 Å². The van der Waals surface area contributed by atoms with Crippen molar-refractivity contribution in [1.82, 2.24) is 20.1 Å². The first kappa shape index (κ1) is 15.6. The second-order valence-electron chi connectivity index (χ2n) is 4.86. The number of nitrogens with zero attached hydrogens (tertiary/aromatic N) is 3. The lowest BCUT2D eigenvalue weighted by atomic mass is 10.2. The topological polar surface area (TPSA) is 59.8 Å².